The van der Waals surface area contributed by atoms with Gasteiger partial charge in [0.2, 0.25) is 0 Å². The predicted molar refractivity (Wildman–Crippen MR) is 72.6 cm³/mol. The molecule has 1 saturated heterocycles. The summed E-state index contributed by atoms with van der Waals surface area (Å²) < 4.78 is 5.07. The van der Waals surface area contributed by atoms with Gasteiger partial charge in [0.15, 0.2) is 0 Å². The highest BCUT2D eigenvalue weighted by atomic mass is 16.5. The van der Waals surface area contributed by atoms with Crippen LogP contribution in [0.1, 0.15) is 24.0 Å². The quantitative estimate of drug-likeness (QED) is 0.780. The largest absolute Gasteiger partial charge is 0.380 e. The van der Waals surface area contributed by atoms with Gasteiger partial charge in [-0.1, -0.05) is 24.3 Å². The molecule has 0 spiro atoms. The average Bonchev–Trinajstić information content (AvgIpc) is 2.32. The van der Waals surface area contributed by atoms with Crippen molar-refractivity contribution in [2.45, 2.75) is 24.9 Å². The van der Waals surface area contributed by atoms with Crippen LogP contribution < -0.4 is 0 Å². The second-order valence-corrected chi connectivity index (χ2v) is 5.48. The number of benzene rings is 1. The molecule has 3 nitrogen and oxygen atoms in total. The van der Waals surface area contributed by atoms with Crippen LogP contribution in [0.15, 0.2) is 24.3 Å². The third-order valence-corrected chi connectivity index (χ3v) is 3.49. The molecule has 1 aliphatic heterocycles. The number of hydrogen-bond acceptors (Lipinski definition) is 3. The second-order valence-electron chi connectivity index (χ2n) is 5.48. The Hall–Kier alpha value is -0.900. The maximum Gasteiger partial charge on any atom is 0.136 e. The first-order chi connectivity index (χ1) is 8.60. The molecule has 0 bridgehead atoms. The minimum atomic E-state index is -0.733. The van der Waals surface area contributed by atoms with Gasteiger partial charge in [0.05, 0.1) is 13.2 Å². The minimum Gasteiger partial charge on any atom is -0.380 e. The Kier molecular flexibility index (Phi) is 4.38. The molecule has 0 unspecified atom stereocenters. The number of aliphatic hydroxyl groups is 1. The molecule has 18 heavy (non-hydrogen) atoms. The molecule has 0 aliphatic carbocycles. The number of rotatable bonds is 6. The van der Waals surface area contributed by atoms with Crippen molar-refractivity contribution in [3.63, 3.8) is 0 Å². The Balaban J connectivity index is 1.81. The average molecular weight is 249 g/mol. The van der Waals surface area contributed by atoms with E-state index in [9.17, 15) is 5.11 Å². The van der Waals surface area contributed by atoms with E-state index >= 15 is 0 Å². The lowest BCUT2D eigenvalue weighted by Crippen LogP contribution is -2.46. The van der Waals surface area contributed by atoms with Crippen LogP contribution in [0.3, 0.4) is 0 Å². The van der Waals surface area contributed by atoms with Crippen LogP contribution in [0.4, 0.5) is 0 Å². The van der Waals surface area contributed by atoms with Gasteiger partial charge in [0.1, 0.15) is 5.60 Å². The van der Waals surface area contributed by atoms with Crippen molar-refractivity contribution < 1.29 is 9.84 Å². The maximum absolute atomic E-state index is 10.1. The van der Waals surface area contributed by atoms with Crippen molar-refractivity contribution in [1.82, 2.24) is 4.90 Å². The fourth-order valence-electron chi connectivity index (χ4n) is 2.20. The molecule has 0 saturated carbocycles. The fraction of sp³-hybridized carbons (Fsp3) is 0.600. The Morgan fingerprint density at radius 3 is 2.33 bits per heavy atom. The molecule has 100 valence electrons. The van der Waals surface area contributed by atoms with Crippen LogP contribution in [0, 0.1) is 0 Å². The standard InChI is InChI=1S/C15H23NO2/c1-16(2)10-4-3-5-13-6-8-14(9-7-13)15(17)11-18-12-15/h6-9,17H,3-5,10-12H2,1-2H3. The van der Waals surface area contributed by atoms with Gasteiger partial charge >= 0.3 is 0 Å². The summed E-state index contributed by atoms with van der Waals surface area (Å²) in [6.45, 7) is 2.00. The lowest BCUT2D eigenvalue weighted by atomic mass is 9.91. The molecule has 1 heterocycles. The molecule has 1 aromatic rings. The molecular formula is C15H23NO2. The van der Waals surface area contributed by atoms with E-state index in [-0.39, 0.29) is 0 Å². The predicted octanol–water partition coefficient (Wildman–Crippen LogP) is 1.79. The van der Waals surface area contributed by atoms with E-state index in [0.717, 1.165) is 18.5 Å². The van der Waals surface area contributed by atoms with Crippen molar-refractivity contribution in [3.8, 4) is 0 Å². The molecule has 0 atom stereocenters. The topological polar surface area (TPSA) is 32.7 Å². The summed E-state index contributed by atoms with van der Waals surface area (Å²) in [6, 6.07) is 8.32. The van der Waals surface area contributed by atoms with E-state index in [1.165, 1.54) is 18.4 Å². The summed E-state index contributed by atoms with van der Waals surface area (Å²) in [7, 11) is 4.21. The van der Waals surface area contributed by atoms with E-state index in [0.29, 0.717) is 13.2 Å². The lowest BCUT2D eigenvalue weighted by Gasteiger charge is -2.36. The van der Waals surface area contributed by atoms with Crippen molar-refractivity contribution in [1.29, 1.82) is 0 Å². The van der Waals surface area contributed by atoms with Crippen molar-refractivity contribution in [2.24, 2.45) is 0 Å². The minimum absolute atomic E-state index is 0.426. The number of ether oxygens (including phenoxy) is 1. The Bertz CT molecular complexity index is 369. The van der Waals surface area contributed by atoms with Crippen LogP contribution in [0.5, 0.6) is 0 Å². The molecular weight excluding hydrogens is 226 g/mol. The first-order valence-corrected chi connectivity index (χ1v) is 6.64. The molecule has 0 amide bonds. The third-order valence-electron chi connectivity index (χ3n) is 3.49. The number of unbranched alkanes of at least 4 members (excludes halogenated alkanes) is 1. The summed E-state index contributed by atoms with van der Waals surface area (Å²) >= 11 is 0. The normalized spacial score (nSPS) is 17.8. The smallest absolute Gasteiger partial charge is 0.136 e. The highest BCUT2D eigenvalue weighted by Gasteiger charge is 2.37. The van der Waals surface area contributed by atoms with Gasteiger partial charge in [-0.25, -0.2) is 0 Å². The SMILES string of the molecule is CN(C)CCCCc1ccc(C2(O)COC2)cc1. The lowest BCUT2D eigenvalue weighted by molar-refractivity contribution is -0.184. The third kappa shape index (κ3) is 3.31. The van der Waals surface area contributed by atoms with E-state index in [1.807, 2.05) is 12.1 Å². The molecule has 3 heteroatoms. The Morgan fingerprint density at radius 1 is 1.17 bits per heavy atom. The van der Waals surface area contributed by atoms with E-state index in [1.54, 1.807) is 0 Å². The summed E-state index contributed by atoms with van der Waals surface area (Å²) in [4.78, 5) is 2.22. The van der Waals surface area contributed by atoms with Crippen molar-refractivity contribution in [3.05, 3.63) is 35.4 Å². The molecule has 2 rings (SSSR count). The van der Waals surface area contributed by atoms with Gasteiger partial charge in [0.25, 0.3) is 0 Å². The molecule has 1 aromatic carbocycles. The van der Waals surface area contributed by atoms with E-state index in [2.05, 4.69) is 31.1 Å². The van der Waals surface area contributed by atoms with Gasteiger partial charge in [-0.15, -0.1) is 0 Å². The van der Waals surface area contributed by atoms with Crippen LogP contribution in [0.25, 0.3) is 0 Å². The monoisotopic (exact) mass is 249 g/mol. The van der Waals surface area contributed by atoms with Gasteiger partial charge in [-0.3, -0.25) is 0 Å². The van der Waals surface area contributed by atoms with E-state index in [4.69, 9.17) is 4.74 Å². The molecule has 0 aromatic heterocycles. The zero-order valence-electron chi connectivity index (χ0n) is 11.4. The van der Waals surface area contributed by atoms with Crippen molar-refractivity contribution >= 4 is 0 Å². The molecule has 1 N–H and O–H groups in total. The maximum atomic E-state index is 10.1. The summed E-state index contributed by atoms with van der Waals surface area (Å²) in [5, 5.41) is 10.1. The highest BCUT2D eigenvalue weighted by molar-refractivity contribution is 5.28. The van der Waals surface area contributed by atoms with Gasteiger partial charge in [-0.05, 0) is 51.0 Å². The molecule has 1 aliphatic rings. The van der Waals surface area contributed by atoms with Gasteiger partial charge in [-0.2, -0.15) is 0 Å². The summed E-state index contributed by atoms with van der Waals surface area (Å²) in [5.41, 5.74) is 1.59. The van der Waals surface area contributed by atoms with Crippen LogP contribution >= 0.6 is 0 Å². The van der Waals surface area contributed by atoms with E-state index < -0.39 is 5.60 Å². The number of aryl methyl sites for hydroxylation is 1. The van der Waals surface area contributed by atoms with Crippen LogP contribution in [-0.2, 0) is 16.8 Å². The zero-order chi connectivity index (χ0) is 13.0. The fourth-order valence-corrected chi connectivity index (χ4v) is 2.20. The highest BCUT2D eigenvalue weighted by Crippen LogP contribution is 2.29. The number of hydrogen-bond donors (Lipinski definition) is 1. The zero-order valence-corrected chi connectivity index (χ0v) is 11.4. The van der Waals surface area contributed by atoms with Crippen molar-refractivity contribution in [2.75, 3.05) is 33.9 Å². The van der Waals surface area contributed by atoms with Gasteiger partial charge in [0, 0.05) is 0 Å². The second kappa shape index (κ2) is 5.83. The van der Waals surface area contributed by atoms with Crippen LogP contribution in [-0.4, -0.2) is 43.9 Å². The number of nitrogens with zero attached hydrogens (tertiary/aromatic N) is 1. The first kappa shape index (κ1) is 13.5. The first-order valence-electron chi connectivity index (χ1n) is 6.64. The summed E-state index contributed by atoms with van der Waals surface area (Å²) in [6.07, 6.45) is 3.56. The Morgan fingerprint density at radius 2 is 1.83 bits per heavy atom. The molecule has 0 radical (unpaired) electrons. The Labute approximate surface area is 109 Å². The van der Waals surface area contributed by atoms with Gasteiger partial charge < -0.3 is 14.7 Å². The molecule has 1 fully saturated rings. The summed E-state index contributed by atoms with van der Waals surface area (Å²) in [5.74, 6) is 0. The van der Waals surface area contributed by atoms with Crippen LogP contribution in [0.2, 0.25) is 0 Å².